The van der Waals surface area contributed by atoms with Gasteiger partial charge in [0.05, 0.1) is 19.1 Å². The molecule has 0 aliphatic carbocycles. The summed E-state index contributed by atoms with van der Waals surface area (Å²) < 4.78 is 10.5. The van der Waals surface area contributed by atoms with Crippen molar-refractivity contribution in [3.05, 3.63) is 48.4 Å². The van der Waals surface area contributed by atoms with Crippen molar-refractivity contribution in [1.82, 2.24) is 10.6 Å². The molecule has 27 heavy (non-hydrogen) atoms. The van der Waals surface area contributed by atoms with Crippen molar-refractivity contribution in [2.75, 3.05) is 25.1 Å². The molecule has 2 aromatic rings. The summed E-state index contributed by atoms with van der Waals surface area (Å²) in [7, 11) is 1.67. The van der Waals surface area contributed by atoms with Gasteiger partial charge in [-0.1, -0.05) is 12.1 Å². The Kier molecular flexibility index (Phi) is 6.01. The quantitative estimate of drug-likeness (QED) is 0.813. The number of benzene rings is 1. The fourth-order valence-corrected chi connectivity index (χ4v) is 3.22. The highest BCUT2D eigenvalue weighted by molar-refractivity contribution is 5.95. The molecule has 0 radical (unpaired) electrons. The third-order valence-electron chi connectivity index (χ3n) is 4.75. The molecule has 144 valence electrons. The van der Waals surface area contributed by atoms with Crippen LogP contribution in [0.25, 0.3) is 0 Å². The first kappa shape index (κ1) is 18.8. The number of ether oxygens (including phenoxy) is 1. The van der Waals surface area contributed by atoms with Crippen LogP contribution in [-0.4, -0.2) is 44.1 Å². The third kappa shape index (κ3) is 4.61. The summed E-state index contributed by atoms with van der Waals surface area (Å²) in [6, 6.07) is 10.6. The molecule has 1 aromatic carbocycles. The monoisotopic (exact) mass is 371 g/mol. The smallest absolute Gasteiger partial charge is 0.287 e. The van der Waals surface area contributed by atoms with Gasteiger partial charge in [0.2, 0.25) is 5.91 Å². The van der Waals surface area contributed by atoms with E-state index >= 15 is 0 Å². The lowest BCUT2D eigenvalue weighted by Crippen LogP contribution is -2.51. The van der Waals surface area contributed by atoms with Gasteiger partial charge in [-0.3, -0.25) is 9.59 Å². The van der Waals surface area contributed by atoms with E-state index in [1.54, 1.807) is 26.2 Å². The minimum Gasteiger partial charge on any atom is -0.495 e. The topological polar surface area (TPSA) is 83.8 Å². The second-order valence-corrected chi connectivity index (χ2v) is 6.61. The van der Waals surface area contributed by atoms with Gasteiger partial charge in [-0.25, -0.2) is 0 Å². The van der Waals surface area contributed by atoms with Crippen LogP contribution in [-0.2, 0) is 4.79 Å². The summed E-state index contributed by atoms with van der Waals surface area (Å²) in [6.45, 7) is 3.33. The second kappa shape index (κ2) is 8.62. The first-order chi connectivity index (χ1) is 13.1. The predicted molar refractivity (Wildman–Crippen MR) is 102 cm³/mol. The first-order valence-electron chi connectivity index (χ1n) is 9.11. The van der Waals surface area contributed by atoms with Crippen LogP contribution in [0.2, 0.25) is 0 Å². The van der Waals surface area contributed by atoms with Crippen LogP contribution in [0.3, 0.4) is 0 Å². The van der Waals surface area contributed by atoms with Gasteiger partial charge in [-0.05, 0) is 44.0 Å². The Bertz CT molecular complexity index is 767. The minimum absolute atomic E-state index is 0.0893. The van der Waals surface area contributed by atoms with E-state index in [0.29, 0.717) is 0 Å². The van der Waals surface area contributed by atoms with Crippen LogP contribution in [0.5, 0.6) is 5.75 Å². The normalized spacial score (nSPS) is 15.9. The molecule has 0 saturated carbocycles. The number of amides is 2. The number of carbonyl (C=O) groups excluding carboxylic acids is 2. The number of hydrogen-bond donors (Lipinski definition) is 2. The fourth-order valence-electron chi connectivity index (χ4n) is 3.22. The molecule has 1 unspecified atom stereocenters. The van der Waals surface area contributed by atoms with Crippen LogP contribution in [0, 0.1) is 0 Å². The van der Waals surface area contributed by atoms with Gasteiger partial charge in [0.25, 0.3) is 5.91 Å². The van der Waals surface area contributed by atoms with Crippen molar-refractivity contribution in [2.45, 2.75) is 31.8 Å². The Morgan fingerprint density at radius 3 is 2.59 bits per heavy atom. The van der Waals surface area contributed by atoms with E-state index in [1.165, 1.54) is 6.26 Å². The zero-order valence-electron chi connectivity index (χ0n) is 15.6. The van der Waals surface area contributed by atoms with Gasteiger partial charge in [0.1, 0.15) is 11.8 Å². The molecule has 2 N–H and O–H groups in total. The Balaban J connectivity index is 1.48. The zero-order valence-corrected chi connectivity index (χ0v) is 15.6. The molecule has 7 heteroatoms. The van der Waals surface area contributed by atoms with Crippen LogP contribution in [0.1, 0.15) is 30.3 Å². The second-order valence-electron chi connectivity index (χ2n) is 6.61. The number of anilines is 1. The average Bonchev–Trinajstić information content (AvgIpc) is 3.23. The van der Waals surface area contributed by atoms with Gasteiger partial charge in [0, 0.05) is 19.1 Å². The molecular weight excluding hydrogens is 346 g/mol. The van der Waals surface area contributed by atoms with E-state index in [-0.39, 0.29) is 17.7 Å². The number of nitrogens with zero attached hydrogens (tertiary/aromatic N) is 1. The molecular formula is C20H25N3O4. The lowest BCUT2D eigenvalue weighted by atomic mass is 10.0. The summed E-state index contributed by atoms with van der Waals surface area (Å²) in [4.78, 5) is 26.6. The fraction of sp³-hybridized carbons (Fsp3) is 0.400. The van der Waals surface area contributed by atoms with Gasteiger partial charge in [-0.15, -0.1) is 0 Å². The molecule has 1 atom stereocenters. The van der Waals surface area contributed by atoms with Crippen LogP contribution >= 0.6 is 0 Å². The minimum atomic E-state index is -0.630. The molecule has 0 spiro atoms. The molecule has 2 amide bonds. The third-order valence-corrected chi connectivity index (χ3v) is 4.75. The van der Waals surface area contributed by atoms with E-state index in [9.17, 15) is 9.59 Å². The molecule has 3 rings (SSSR count). The number of rotatable bonds is 6. The SMILES string of the molecule is COc1ccccc1N1CCC(NC(=O)C(C)NC(=O)c2ccco2)CC1. The number of para-hydroxylation sites is 2. The first-order valence-corrected chi connectivity index (χ1v) is 9.11. The molecule has 2 heterocycles. The summed E-state index contributed by atoms with van der Waals surface area (Å²) in [5.41, 5.74) is 1.07. The number of piperidine rings is 1. The highest BCUT2D eigenvalue weighted by atomic mass is 16.5. The van der Waals surface area contributed by atoms with Crippen molar-refractivity contribution in [3.63, 3.8) is 0 Å². The molecule has 1 aromatic heterocycles. The Labute approximate surface area is 158 Å². The van der Waals surface area contributed by atoms with E-state index in [0.717, 1.165) is 37.4 Å². The van der Waals surface area contributed by atoms with Crippen molar-refractivity contribution in [3.8, 4) is 5.75 Å². The number of methoxy groups -OCH3 is 1. The van der Waals surface area contributed by atoms with Crippen molar-refractivity contribution < 1.29 is 18.7 Å². The summed E-state index contributed by atoms with van der Waals surface area (Å²) in [5, 5.41) is 5.68. The summed E-state index contributed by atoms with van der Waals surface area (Å²) >= 11 is 0. The van der Waals surface area contributed by atoms with E-state index in [1.807, 2.05) is 24.3 Å². The van der Waals surface area contributed by atoms with Crippen molar-refractivity contribution >= 4 is 17.5 Å². The van der Waals surface area contributed by atoms with E-state index < -0.39 is 11.9 Å². The maximum Gasteiger partial charge on any atom is 0.287 e. The molecule has 1 fully saturated rings. The zero-order chi connectivity index (χ0) is 19.2. The predicted octanol–water partition coefficient (Wildman–Crippen LogP) is 2.19. The van der Waals surface area contributed by atoms with Crippen LogP contribution < -0.4 is 20.3 Å². The van der Waals surface area contributed by atoms with Crippen LogP contribution in [0.15, 0.2) is 47.1 Å². The van der Waals surface area contributed by atoms with E-state index in [4.69, 9.17) is 9.15 Å². The molecule has 0 bridgehead atoms. The van der Waals surface area contributed by atoms with Crippen molar-refractivity contribution in [2.24, 2.45) is 0 Å². The number of nitrogens with one attached hydrogen (secondary N) is 2. The number of carbonyl (C=O) groups is 2. The standard InChI is InChI=1S/C20H25N3O4/c1-14(21-20(25)18-8-5-13-27-18)19(24)22-15-9-11-23(12-10-15)16-6-3-4-7-17(16)26-2/h3-8,13-15H,9-12H2,1-2H3,(H,21,25)(H,22,24). The number of furan rings is 1. The summed E-state index contributed by atoms with van der Waals surface area (Å²) in [6.07, 6.45) is 3.10. The molecule has 7 nitrogen and oxygen atoms in total. The van der Waals surface area contributed by atoms with Crippen LogP contribution in [0.4, 0.5) is 5.69 Å². The molecule has 1 aliphatic rings. The van der Waals surface area contributed by atoms with Gasteiger partial charge in [-0.2, -0.15) is 0 Å². The molecule has 1 saturated heterocycles. The van der Waals surface area contributed by atoms with Crippen molar-refractivity contribution in [1.29, 1.82) is 0 Å². The maximum absolute atomic E-state index is 12.4. The highest BCUT2D eigenvalue weighted by Gasteiger charge is 2.25. The Hall–Kier alpha value is -2.96. The molecule has 1 aliphatic heterocycles. The lowest BCUT2D eigenvalue weighted by molar-refractivity contribution is -0.123. The van der Waals surface area contributed by atoms with Gasteiger partial charge < -0.3 is 24.7 Å². The van der Waals surface area contributed by atoms with Gasteiger partial charge in [0.15, 0.2) is 5.76 Å². The maximum atomic E-state index is 12.4. The lowest BCUT2D eigenvalue weighted by Gasteiger charge is -2.35. The average molecular weight is 371 g/mol. The highest BCUT2D eigenvalue weighted by Crippen LogP contribution is 2.29. The summed E-state index contributed by atoms with van der Waals surface area (Å²) in [5.74, 6) is 0.466. The largest absolute Gasteiger partial charge is 0.495 e. The number of hydrogen-bond acceptors (Lipinski definition) is 5. The Morgan fingerprint density at radius 1 is 1.19 bits per heavy atom. The van der Waals surface area contributed by atoms with Gasteiger partial charge >= 0.3 is 0 Å². The van der Waals surface area contributed by atoms with E-state index in [2.05, 4.69) is 15.5 Å². The Morgan fingerprint density at radius 2 is 1.93 bits per heavy atom.